The molecule has 0 radical (unpaired) electrons. The summed E-state index contributed by atoms with van der Waals surface area (Å²) >= 11 is 3.62. The zero-order chi connectivity index (χ0) is 9.31. The maximum absolute atomic E-state index is 5.39. The molecule has 1 nitrogen and oxygen atoms in total. The molecular formula is C11H15BrO. The first-order chi connectivity index (χ1) is 6.24. The van der Waals surface area contributed by atoms with Gasteiger partial charge in [-0.3, -0.25) is 0 Å². The van der Waals surface area contributed by atoms with E-state index in [4.69, 9.17) is 4.42 Å². The molecular weight excluding hydrogens is 228 g/mol. The molecule has 0 aromatic carbocycles. The fraction of sp³-hybridized carbons (Fsp3) is 0.636. The minimum Gasteiger partial charge on any atom is -0.469 e. The lowest BCUT2D eigenvalue weighted by Crippen LogP contribution is -2.23. The van der Waals surface area contributed by atoms with Gasteiger partial charge in [0.1, 0.15) is 5.76 Å². The predicted octanol–water partition coefficient (Wildman–Crippen LogP) is 3.63. The Balaban J connectivity index is 2.05. The predicted molar refractivity (Wildman–Crippen MR) is 57.0 cm³/mol. The van der Waals surface area contributed by atoms with Crippen LogP contribution in [0, 0.1) is 11.3 Å². The van der Waals surface area contributed by atoms with E-state index < -0.39 is 0 Å². The van der Waals surface area contributed by atoms with Crippen molar-refractivity contribution in [3.05, 3.63) is 24.2 Å². The summed E-state index contributed by atoms with van der Waals surface area (Å²) in [5, 5.41) is 1.07. The molecule has 0 aliphatic heterocycles. The van der Waals surface area contributed by atoms with E-state index in [2.05, 4.69) is 28.9 Å². The number of rotatable bonds is 4. The third-order valence-electron chi connectivity index (χ3n) is 3.03. The van der Waals surface area contributed by atoms with Gasteiger partial charge >= 0.3 is 0 Å². The highest BCUT2D eigenvalue weighted by Gasteiger charge is 2.41. The number of hydrogen-bond acceptors (Lipinski definition) is 1. The first-order valence-electron chi connectivity index (χ1n) is 4.83. The summed E-state index contributed by atoms with van der Waals surface area (Å²) in [4.78, 5) is 0. The summed E-state index contributed by atoms with van der Waals surface area (Å²) in [5.41, 5.74) is 0.401. The second kappa shape index (κ2) is 3.49. The molecule has 1 unspecified atom stereocenters. The van der Waals surface area contributed by atoms with Crippen LogP contribution in [0.5, 0.6) is 0 Å². The molecule has 0 spiro atoms. The van der Waals surface area contributed by atoms with Crippen LogP contribution in [-0.4, -0.2) is 5.33 Å². The molecule has 1 aliphatic rings. The third kappa shape index (κ3) is 1.98. The Hall–Kier alpha value is -0.240. The fourth-order valence-corrected chi connectivity index (χ4v) is 2.55. The van der Waals surface area contributed by atoms with Crippen molar-refractivity contribution in [2.75, 3.05) is 5.33 Å². The average molecular weight is 243 g/mol. The van der Waals surface area contributed by atoms with Gasteiger partial charge in [0.25, 0.3) is 0 Å². The Morgan fingerprint density at radius 1 is 1.62 bits per heavy atom. The number of hydrogen-bond donors (Lipinski definition) is 0. The Morgan fingerprint density at radius 3 is 2.85 bits per heavy atom. The van der Waals surface area contributed by atoms with Crippen LogP contribution >= 0.6 is 15.9 Å². The first kappa shape index (κ1) is 9.32. The molecule has 0 saturated heterocycles. The zero-order valence-corrected chi connectivity index (χ0v) is 9.51. The molecule has 1 fully saturated rings. The van der Waals surface area contributed by atoms with Crippen LogP contribution < -0.4 is 0 Å². The highest BCUT2D eigenvalue weighted by atomic mass is 79.9. The monoisotopic (exact) mass is 242 g/mol. The Bertz CT molecular complexity index is 264. The second-order valence-electron chi connectivity index (χ2n) is 4.32. The molecule has 1 aromatic rings. The van der Waals surface area contributed by atoms with Crippen LogP contribution in [0.4, 0.5) is 0 Å². The Kier molecular flexibility index (Phi) is 2.50. The number of alkyl halides is 1. The van der Waals surface area contributed by atoms with Gasteiger partial charge in [0.05, 0.1) is 6.26 Å². The molecule has 0 N–H and O–H groups in total. The molecule has 13 heavy (non-hydrogen) atoms. The fourth-order valence-electron chi connectivity index (χ4n) is 1.89. The van der Waals surface area contributed by atoms with Crippen molar-refractivity contribution in [1.82, 2.24) is 0 Å². The maximum Gasteiger partial charge on any atom is 0.104 e. The van der Waals surface area contributed by atoms with Crippen molar-refractivity contribution in [3.63, 3.8) is 0 Å². The van der Waals surface area contributed by atoms with Gasteiger partial charge in [0.2, 0.25) is 0 Å². The van der Waals surface area contributed by atoms with Gasteiger partial charge in [-0.25, -0.2) is 0 Å². The minimum atomic E-state index is 0.401. The van der Waals surface area contributed by atoms with Crippen molar-refractivity contribution in [3.8, 4) is 0 Å². The lowest BCUT2D eigenvalue weighted by Gasteiger charge is -2.25. The molecule has 2 heteroatoms. The van der Waals surface area contributed by atoms with E-state index in [1.165, 1.54) is 12.8 Å². The molecule has 1 heterocycles. The van der Waals surface area contributed by atoms with Gasteiger partial charge < -0.3 is 4.42 Å². The van der Waals surface area contributed by atoms with Crippen LogP contribution in [0.2, 0.25) is 0 Å². The third-order valence-corrected chi connectivity index (χ3v) is 4.31. The molecule has 0 amide bonds. The molecule has 2 rings (SSSR count). The second-order valence-corrected chi connectivity index (χ2v) is 4.88. The van der Waals surface area contributed by atoms with Gasteiger partial charge in [-0.15, -0.1) is 0 Å². The molecule has 0 bridgehead atoms. The Morgan fingerprint density at radius 2 is 2.38 bits per heavy atom. The van der Waals surface area contributed by atoms with Crippen LogP contribution in [0.25, 0.3) is 0 Å². The lowest BCUT2D eigenvalue weighted by molar-refractivity contribution is 0.292. The van der Waals surface area contributed by atoms with E-state index in [0.29, 0.717) is 5.41 Å². The summed E-state index contributed by atoms with van der Waals surface area (Å²) in [5.74, 6) is 2.02. The van der Waals surface area contributed by atoms with E-state index in [9.17, 15) is 0 Å². The van der Waals surface area contributed by atoms with E-state index in [-0.39, 0.29) is 0 Å². The summed E-state index contributed by atoms with van der Waals surface area (Å²) in [6.07, 6.45) is 5.61. The van der Waals surface area contributed by atoms with Crippen LogP contribution in [0.15, 0.2) is 22.8 Å². The first-order valence-corrected chi connectivity index (χ1v) is 5.95. The lowest BCUT2D eigenvalue weighted by atomic mass is 9.83. The van der Waals surface area contributed by atoms with Crippen LogP contribution in [0.1, 0.15) is 25.5 Å². The SMILES string of the molecule is CC(CBr)(Cc1ccco1)C1CC1. The topological polar surface area (TPSA) is 13.1 Å². The summed E-state index contributed by atoms with van der Waals surface area (Å²) < 4.78 is 5.39. The van der Waals surface area contributed by atoms with Crippen molar-refractivity contribution in [1.29, 1.82) is 0 Å². The average Bonchev–Trinajstić information content (AvgIpc) is 2.88. The van der Waals surface area contributed by atoms with Crippen molar-refractivity contribution in [2.45, 2.75) is 26.2 Å². The van der Waals surface area contributed by atoms with E-state index >= 15 is 0 Å². The van der Waals surface area contributed by atoms with Gasteiger partial charge in [-0.1, -0.05) is 22.9 Å². The van der Waals surface area contributed by atoms with E-state index in [0.717, 1.165) is 23.4 Å². The van der Waals surface area contributed by atoms with Crippen LogP contribution in [0.3, 0.4) is 0 Å². The Labute approximate surface area is 87.6 Å². The van der Waals surface area contributed by atoms with E-state index in [1.807, 2.05) is 6.07 Å². The normalized spacial score (nSPS) is 21.4. The van der Waals surface area contributed by atoms with Gasteiger partial charge in [-0.05, 0) is 36.3 Å². The van der Waals surface area contributed by atoms with E-state index in [1.54, 1.807) is 6.26 Å². The summed E-state index contributed by atoms with van der Waals surface area (Å²) in [7, 11) is 0. The highest BCUT2D eigenvalue weighted by Crippen LogP contribution is 2.48. The largest absolute Gasteiger partial charge is 0.469 e. The van der Waals surface area contributed by atoms with Crippen molar-refractivity contribution in [2.24, 2.45) is 11.3 Å². The molecule has 1 aromatic heterocycles. The number of halogens is 1. The van der Waals surface area contributed by atoms with Crippen LogP contribution in [-0.2, 0) is 6.42 Å². The van der Waals surface area contributed by atoms with Gasteiger partial charge in [0.15, 0.2) is 0 Å². The quantitative estimate of drug-likeness (QED) is 0.736. The summed E-state index contributed by atoms with van der Waals surface area (Å²) in [6, 6.07) is 4.04. The zero-order valence-electron chi connectivity index (χ0n) is 7.92. The van der Waals surface area contributed by atoms with Crippen molar-refractivity contribution >= 4 is 15.9 Å². The number of furan rings is 1. The highest BCUT2D eigenvalue weighted by molar-refractivity contribution is 9.09. The van der Waals surface area contributed by atoms with Crippen molar-refractivity contribution < 1.29 is 4.42 Å². The standard InChI is InChI=1S/C11H15BrO/c1-11(8-12,9-4-5-9)7-10-3-2-6-13-10/h2-3,6,9H,4-5,7-8H2,1H3. The molecule has 1 saturated carbocycles. The minimum absolute atomic E-state index is 0.401. The molecule has 1 atom stereocenters. The maximum atomic E-state index is 5.39. The molecule has 72 valence electrons. The smallest absolute Gasteiger partial charge is 0.104 e. The molecule has 1 aliphatic carbocycles. The van der Waals surface area contributed by atoms with Gasteiger partial charge in [-0.2, -0.15) is 0 Å². The van der Waals surface area contributed by atoms with Gasteiger partial charge in [0, 0.05) is 11.8 Å². The summed E-state index contributed by atoms with van der Waals surface area (Å²) in [6.45, 7) is 2.35.